The standard InChI is InChI=1S/C23H28N2O4/c1-15(2)9-10-25-21-7-6-18(11-16(21)5-8-22(25)26)24-23(27)17-12-19(28-3)14-20(13-17)29-4/h6-7,11-15H,5,8-10H2,1-4H3,(H,24,27). The summed E-state index contributed by atoms with van der Waals surface area (Å²) in [4.78, 5) is 27.0. The molecule has 0 atom stereocenters. The smallest absolute Gasteiger partial charge is 0.255 e. The number of nitrogens with zero attached hydrogens (tertiary/aromatic N) is 1. The van der Waals surface area contributed by atoms with Crippen LogP contribution in [0.5, 0.6) is 11.5 Å². The lowest BCUT2D eigenvalue weighted by Gasteiger charge is -2.30. The number of rotatable bonds is 7. The largest absolute Gasteiger partial charge is 0.497 e. The van der Waals surface area contributed by atoms with Crippen LogP contribution in [-0.2, 0) is 11.2 Å². The summed E-state index contributed by atoms with van der Waals surface area (Å²) in [5.41, 5.74) is 3.18. The van der Waals surface area contributed by atoms with Gasteiger partial charge in [-0.1, -0.05) is 13.8 Å². The molecule has 1 aliphatic heterocycles. The minimum Gasteiger partial charge on any atom is -0.497 e. The Balaban J connectivity index is 1.79. The highest BCUT2D eigenvalue weighted by molar-refractivity contribution is 6.05. The number of carbonyl (C=O) groups excluding carboxylic acids is 2. The van der Waals surface area contributed by atoms with Gasteiger partial charge >= 0.3 is 0 Å². The molecule has 1 heterocycles. The molecule has 0 saturated heterocycles. The molecule has 6 heteroatoms. The highest BCUT2D eigenvalue weighted by Crippen LogP contribution is 2.31. The molecule has 3 rings (SSSR count). The topological polar surface area (TPSA) is 67.9 Å². The average Bonchev–Trinajstić information content (AvgIpc) is 2.72. The molecule has 2 aromatic rings. The second-order valence-corrected chi connectivity index (χ2v) is 7.63. The summed E-state index contributed by atoms with van der Waals surface area (Å²) in [6.45, 7) is 5.03. The van der Waals surface area contributed by atoms with Crippen molar-refractivity contribution in [2.75, 3.05) is 31.0 Å². The third-order valence-corrected chi connectivity index (χ3v) is 5.08. The van der Waals surface area contributed by atoms with E-state index in [4.69, 9.17) is 9.47 Å². The van der Waals surface area contributed by atoms with Gasteiger partial charge in [-0.2, -0.15) is 0 Å². The second kappa shape index (κ2) is 8.99. The summed E-state index contributed by atoms with van der Waals surface area (Å²) in [5, 5.41) is 2.93. The molecule has 1 aliphatic rings. The predicted molar refractivity (Wildman–Crippen MR) is 114 cm³/mol. The number of hydrogen-bond donors (Lipinski definition) is 1. The van der Waals surface area contributed by atoms with Crippen molar-refractivity contribution in [2.24, 2.45) is 5.92 Å². The van der Waals surface area contributed by atoms with Crippen LogP contribution in [0.1, 0.15) is 42.6 Å². The molecule has 0 spiro atoms. The van der Waals surface area contributed by atoms with Crippen molar-refractivity contribution in [1.82, 2.24) is 0 Å². The maximum absolute atomic E-state index is 12.7. The average molecular weight is 396 g/mol. The number of fused-ring (bicyclic) bond motifs is 1. The Bertz CT molecular complexity index is 885. The van der Waals surface area contributed by atoms with Gasteiger partial charge in [-0.05, 0) is 54.7 Å². The quantitative estimate of drug-likeness (QED) is 0.758. The van der Waals surface area contributed by atoms with Crippen LogP contribution in [-0.4, -0.2) is 32.6 Å². The first kappa shape index (κ1) is 20.7. The number of benzene rings is 2. The van der Waals surface area contributed by atoms with Gasteiger partial charge in [0, 0.05) is 36.0 Å². The Hall–Kier alpha value is -3.02. The second-order valence-electron chi connectivity index (χ2n) is 7.63. The van der Waals surface area contributed by atoms with Gasteiger partial charge in [0.2, 0.25) is 5.91 Å². The lowest BCUT2D eigenvalue weighted by Crippen LogP contribution is -2.36. The Morgan fingerprint density at radius 3 is 2.38 bits per heavy atom. The number of aryl methyl sites for hydroxylation is 1. The zero-order valence-electron chi connectivity index (χ0n) is 17.5. The monoisotopic (exact) mass is 396 g/mol. The van der Waals surface area contributed by atoms with Crippen LogP contribution in [0.3, 0.4) is 0 Å². The molecule has 0 bridgehead atoms. The normalized spacial score (nSPS) is 13.3. The minimum absolute atomic E-state index is 0.165. The van der Waals surface area contributed by atoms with Gasteiger partial charge in [-0.25, -0.2) is 0 Å². The molecular weight excluding hydrogens is 368 g/mol. The Morgan fingerprint density at radius 1 is 1.07 bits per heavy atom. The molecule has 6 nitrogen and oxygen atoms in total. The van der Waals surface area contributed by atoms with E-state index in [-0.39, 0.29) is 11.8 Å². The number of nitrogens with one attached hydrogen (secondary N) is 1. The summed E-state index contributed by atoms with van der Waals surface area (Å²) in [6, 6.07) is 10.8. The van der Waals surface area contributed by atoms with Crippen LogP contribution < -0.4 is 19.7 Å². The van der Waals surface area contributed by atoms with Crippen molar-refractivity contribution in [3.8, 4) is 11.5 Å². The Labute approximate surface area is 171 Å². The van der Waals surface area contributed by atoms with Gasteiger partial charge < -0.3 is 19.7 Å². The molecule has 0 aliphatic carbocycles. The third kappa shape index (κ3) is 4.88. The molecule has 1 N–H and O–H groups in total. The number of hydrogen-bond acceptors (Lipinski definition) is 4. The Morgan fingerprint density at radius 2 is 1.76 bits per heavy atom. The number of ether oxygens (including phenoxy) is 2. The van der Waals surface area contributed by atoms with Gasteiger partial charge in [0.05, 0.1) is 14.2 Å². The fourth-order valence-corrected chi connectivity index (χ4v) is 3.41. The van der Waals surface area contributed by atoms with Crippen LogP contribution in [0, 0.1) is 5.92 Å². The molecule has 0 fully saturated rings. The van der Waals surface area contributed by atoms with E-state index in [9.17, 15) is 9.59 Å². The van der Waals surface area contributed by atoms with E-state index < -0.39 is 0 Å². The van der Waals surface area contributed by atoms with Gasteiger partial charge in [0.1, 0.15) is 11.5 Å². The predicted octanol–water partition coefficient (Wildman–Crippen LogP) is 4.28. The van der Waals surface area contributed by atoms with E-state index in [0.717, 1.165) is 24.2 Å². The van der Waals surface area contributed by atoms with E-state index in [2.05, 4.69) is 19.2 Å². The van der Waals surface area contributed by atoms with Crippen LogP contribution in [0.15, 0.2) is 36.4 Å². The van der Waals surface area contributed by atoms with Crippen molar-refractivity contribution in [2.45, 2.75) is 33.1 Å². The van der Waals surface area contributed by atoms with Gasteiger partial charge in [-0.15, -0.1) is 0 Å². The van der Waals surface area contributed by atoms with Crippen molar-refractivity contribution in [3.05, 3.63) is 47.5 Å². The van der Waals surface area contributed by atoms with E-state index in [1.165, 1.54) is 0 Å². The first-order valence-corrected chi connectivity index (χ1v) is 9.89. The maximum Gasteiger partial charge on any atom is 0.255 e. The van der Waals surface area contributed by atoms with Crippen LogP contribution in [0.2, 0.25) is 0 Å². The molecule has 0 radical (unpaired) electrons. The van der Waals surface area contributed by atoms with E-state index in [1.54, 1.807) is 32.4 Å². The number of methoxy groups -OCH3 is 2. The van der Waals surface area contributed by atoms with Gasteiger partial charge in [0.15, 0.2) is 0 Å². The number of amides is 2. The van der Waals surface area contributed by atoms with Crippen molar-refractivity contribution < 1.29 is 19.1 Å². The molecule has 0 unspecified atom stereocenters. The van der Waals surface area contributed by atoms with Crippen molar-refractivity contribution >= 4 is 23.2 Å². The van der Waals surface area contributed by atoms with E-state index in [1.807, 2.05) is 23.1 Å². The lowest BCUT2D eigenvalue weighted by atomic mass is 9.99. The lowest BCUT2D eigenvalue weighted by molar-refractivity contribution is -0.118. The number of carbonyl (C=O) groups is 2. The fourth-order valence-electron chi connectivity index (χ4n) is 3.41. The highest BCUT2D eigenvalue weighted by Gasteiger charge is 2.24. The minimum atomic E-state index is -0.245. The molecule has 2 aromatic carbocycles. The highest BCUT2D eigenvalue weighted by atomic mass is 16.5. The zero-order chi connectivity index (χ0) is 21.0. The van der Waals surface area contributed by atoms with E-state index in [0.29, 0.717) is 41.5 Å². The molecule has 154 valence electrons. The zero-order valence-corrected chi connectivity index (χ0v) is 17.5. The molecule has 2 amide bonds. The molecular formula is C23H28N2O4. The molecule has 0 saturated carbocycles. The maximum atomic E-state index is 12.7. The van der Waals surface area contributed by atoms with Crippen molar-refractivity contribution in [1.29, 1.82) is 0 Å². The van der Waals surface area contributed by atoms with Gasteiger partial charge in [0.25, 0.3) is 5.91 Å². The van der Waals surface area contributed by atoms with Crippen LogP contribution in [0.4, 0.5) is 11.4 Å². The van der Waals surface area contributed by atoms with Crippen LogP contribution in [0.25, 0.3) is 0 Å². The molecule has 0 aromatic heterocycles. The number of anilines is 2. The Kier molecular flexibility index (Phi) is 6.42. The van der Waals surface area contributed by atoms with E-state index >= 15 is 0 Å². The first-order chi connectivity index (χ1) is 13.9. The summed E-state index contributed by atoms with van der Waals surface area (Å²) in [7, 11) is 3.10. The SMILES string of the molecule is COc1cc(OC)cc(C(=O)Nc2ccc3c(c2)CCC(=O)N3CCC(C)C)c1. The third-order valence-electron chi connectivity index (χ3n) is 5.08. The summed E-state index contributed by atoms with van der Waals surface area (Å²) in [6.07, 6.45) is 2.14. The summed E-state index contributed by atoms with van der Waals surface area (Å²) < 4.78 is 10.5. The fraction of sp³-hybridized carbons (Fsp3) is 0.391. The van der Waals surface area contributed by atoms with Crippen LogP contribution >= 0.6 is 0 Å². The first-order valence-electron chi connectivity index (χ1n) is 9.89. The van der Waals surface area contributed by atoms with Crippen molar-refractivity contribution in [3.63, 3.8) is 0 Å². The summed E-state index contributed by atoms with van der Waals surface area (Å²) in [5.74, 6) is 1.56. The van der Waals surface area contributed by atoms with Gasteiger partial charge in [-0.3, -0.25) is 9.59 Å². The summed E-state index contributed by atoms with van der Waals surface area (Å²) >= 11 is 0. The molecule has 29 heavy (non-hydrogen) atoms.